The van der Waals surface area contributed by atoms with Gasteiger partial charge in [0, 0.05) is 25.6 Å². The van der Waals surface area contributed by atoms with Crippen LogP contribution in [0.5, 0.6) is 0 Å². The molecule has 0 atom stereocenters. The first kappa shape index (κ1) is 15.8. The van der Waals surface area contributed by atoms with E-state index in [2.05, 4.69) is 29.5 Å². The van der Waals surface area contributed by atoms with E-state index in [1.165, 1.54) is 6.42 Å². The summed E-state index contributed by atoms with van der Waals surface area (Å²) in [6.45, 7) is 6.58. The highest BCUT2D eigenvalue weighted by molar-refractivity contribution is 5.79. The highest BCUT2D eigenvalue weighted by Gasteiger charge is 2.24. The second kappa shape index (κ2) is 8.77. The van der Waals surface area contributed by atoms with Gasteiger partial charge in [0.1, 0.15) is 0 Å². The van der Waals surface area contributed by atoms with Crippen molar-refractivity contribution in [3.63, 3.8) is 0 Å². The molecular weight excluding hydrogens is 240 g/mol. The topological polar surface area (TPSA) is 79.5 Å². The number of nitrogens with zero attached hydrogens (tertiary/aromatic N) is 1. The van der Waals surface area contributed by atoms with E-state index in [0.29, 0.717) is 25.0 Å². The number of aliphatic imine (C=N–C) groups is 1. The average Bonchev–Trinajstić information content (AvgIpc) is 2.25. The first-order chi connectivity index (χ1) is 9.09. The molecule has 5 nitrogen and oxygen atoms in total. The van der Waals surface area contributed by atoms with E-state index >= 15 is 0 Å². The quantitative estimate of drug-likeness (QED) is 0.352. The molecule has 0 aliphatic heterocycles. The van der Waals surface area contributed by atoms with E-state index < -0.39 is 0 Å². The largest absolute Gasteiger partial charge is 0.370 e. The summed E-state index contributed by atoms with van der Waals surface area (Å²) in [4.78, 5) is 15.8. The average molecular weight is 268 g/mol. The lowest BCUT2D eigenvalue weighted by atomic mass is 9.85. The molecule has 0 saturated heterocycles. The molecule has 1 aliphatic carbocycles. The summed E-state index contributed by atoms with van der Waals surface area (Å²) in [6, 6.07) is 0. The zero-order valence-electron chi connectivity index (χ0n) is 12.2. The zero-order chi connectivity index (χ0) is 14.1. The van der Waals surface area contributed by atoms with Gasteiger partial charge in [-0.2, -0.15) is 0 Å². The number of carbonyl (C=O) groups excluding carboxylic acids is 1. The number of nitrogens with two attached hydrogens (primary N) is 1. The minimum atomic E-state index is 0.207. The van der Waals surface area contributed by atoms with Gasteiger partial charge in [-0.3, -0.25) is 9.79 Å². The van der Waals surface area contributed by atoms with Crippen molar-refractivity contribution in [2.75, 3.05) is 19.6 Å². The molecule has 0 aromatic heterocycles. The molecule has 0 radical (unpaired) electrons. The van der Waals surface area contributed by atoms with Gasteiger partial charge in [-0.1, -0.05) is 20.3 Å². The molecule has 1 saturated carbocycles. The van der Waals surface area contributed by atoms with Crippen LogP contribution in [0.4, 0.5) is 0 Å². The fourth-order valence-corrected chi connectivity index (χ4v) is 1.85. The first-order valence-corrected chi connectivity index (χ1v) is 7.41. The van der Waals surface area contributed by atoms with E-state index in [-0.39, 0.29) is 11.8 Å². The zero-order valence-corrected chi connectivity index (χ0v) is 12.2. The molecule has 0 aromatic rings. The molecule has 1 amide bonds. The maximum absolute atomic E-state index is 11.5. The van der Waals surface area contributed by atoms with E-state index in [1.54, 1.807) is 0 Å². The summed E-state index contributed by atoms with van der Waals surface area (Å²) >= 11 is 0. The first-order valence-electron chi connectivity index (χ1n) is 7.41. The Balaban J connectivity index is 1.97. The molecule has 110 valence electrons. The van der Waals surface area contributed by atoms with Crippen molar-refractivity contribution in [2.24, 2.45) is 22.6 Å². The van der Waals surface area contributed by atoms with Gasteiger partial charge in [-0.05, 0) is 31.6 Å². The summed E-state index contributed by atoms with van der Waals surface area (Å²) in [7, 11) is 0. The molecular formula is C14H28N4O. The van der Waals surface area contributed by atoms with Crippen LogP contribution in [0.2, 0.25) is 0 Å². The minimum Gasteiger partial charge on any atom is -0.370 e. The van der Waals surface area contributed by atoms with Crippen molar-refractivity contribution in [2.45, 2.75) is 46.0 Å². The summed E-state index contributed by atoms with van der Waals surface area (Å²) in [5.41, 5.74) is 5.73. The van der Waals surface area contributed by atoms with Crippen LogP contribution < -0.4 is 16.4 Å². The molecule has 19 heavy (non-hydrogen) atoms. The van der Waals surface area contributed by atoms with E-state index in [4.69, 9.17) is 5.73 Å². The number of nitrogens with one attached hydrogen (secondary N) is 2. The van der Waals surface area contributed by atoms with E-state index in [9.17, 15) is 4.79 Å². The smallest absolute Gasteiger partial charge is 0.223 e. The molecule has 0 bridgehead atoms. The molecule has 0 aromatic carbocycles. The van der Waals surface area contributed by atoms with Gasteiger partial charge >= 0.3 is 0 Å². The van der Waals surface area contributed by atoms with Crippen LogP contribution in [0, 0.1) is 11.8 Å². The maximum Gasteiger partial charge on any atom is 0.223 e. The maximum atomic E-state index is 11.5. The van der Waals surface area contributed by atoms with E-state index in [1.807, 2.05) is 0 Å². The number of carbonyl (C=O) groups is 1. The Morgan fingerprint density at radius 3 is 2.63 bits per heavy atom. The molecule has 4 N–H and O–H groups in total. The number of guanidine groups is 1. The summed E-state index contributed by atoms with van der Waals surface area (Å²) in [6.07, 6.45) is 5.23. The summed E-state index contributed by atoms with van der Waals surface area (Å²) < 4.78 is 0. The van der Waals surface area contributed by atoms with Crippen LogP contribution in [0.1, 0.15) is 46.0 Å². The van der Waals surface area contributed by atoms with Crippen molar-refractivity contribution in [1.82, 2.24) is 10.6 Å². The lowest BCUT2D eigenvalue weighted by molar-refractivity contribution is -0.127. The molecule has 0 spiro atoms. The third-order valence-electron chi connectivity index (χ3n) is 3.42. The molecule has 1 rings (SSSR count). The van der Waals surface area contributed by atoms with Crippen LogP contribution in [0.15, 0.2) is 4.99 Å². The van der Waals surface area contributed by atoms with Gasteiger partial charge in [0.05, 0.1) is 0 Å². The number of amides is 1. The normalized spacial score (nSPS) is 16.3. The fraction of sp³-hybridized carbons (Fsp3) is 0.857. The second-order valence-corrected chi connectivity index (χ2v) is 5.65. The van der Waals surface area contributed by atoms with Crippen molar-refractivity contribution < 1.29 is 4.79 Å². The Morgan fingerprint density at radius 2 is 2.05 bits per heavy atom. The van der Waals surface area contributed by atoms with Crippen LogP contribution >= 0.6 is 0 Å². The Morgan fingerprint density at radius 1 is 1.32 bits per heavy atom. The predicted molar refractivity (Wildman–Crippen MR) is 78.9 cm³/mol. The summed E-state index contributed by atoms with van der Waals surface area (Å²) in [5, 5.41) is 6.04. The molecule has 0 heterocycles. The van der Waals surface area contributed by atoms with Gasteiger partial charge in [0.15, 0.2) is 5.96 Å². The number of hydrogen-bond donors (Lipinski definition) is 3. The summed E-state index contributed by atoms with van der Waals surface area (Å²) in [5.74, 6) is 1.65. The second-order valence-electron chi connectivity index (χ2n) is 5.65. The van der Waals surface area contributed by atoms with Crippen LogP contribution in [0.25, 0.3) is 0 Å². The Bertz CT molecular complexity index is 298. The van der Waals surface area contributed by atoms with Gasteiger partial charge in [0.25, 0.3) is 0 Å². The van der Waals surface area contributed by atoms with Crippen LogP contribution in [0.3, 0.4) is 0 Å². The highest BCUT2D eigenvalue weighted by atomic mass is 16.1. The van der Waals surface area contributed by atoms with Crippen molar-refractivity contribution in [1.29, 1.82) is 0 Å². The van der Waals surface area contributed by atoms with Crippen LogP contribution in [-0.4, -0.2) is 31.5 Å². The number of rotatable bonds is 8. The fourth-order valence-electron chi connectivity index (χ4n) is 1.85. The van der Waals surface area contributed by atoms with Gasteiger partial charge < -0.3 is 16.4 Å². The molecule has 1 fully saturated rings. The molecule has 1 aliphatic rings. The van der Waals surface area contributed by atoms with Crippen molar-refractivity contribution in [3.8, 4) is 0 Å². The Labute approximate surface area is 116 Å². The SMILES string of the molecule is CC(C)CCNC(N)=NCCCNC(=O)C1CCC1. The van der Waals surface area contributed by atoms with Gasteiger partial charge in [-0.25, -0.2) is 0 Å². The standard InChI is InChI=1S/C14H28N4O/c1-11(2)7-10-18-14(15)17-9-4-8-16-13(19)12-5-3-6-12/h11-12H,3-10H2,1-2H3,(H,16,19)(H3,15,17,18). The lowest BCUT2D eigenvalue weighted by Crippen LogP contribution is -2.35. The molecule has 0 unspecified atom stereocenters. The van der Waals surface area contributed by atoms with Crippen LogP contribution in [-0.2, 0) is 4.79 Å². The van der Waals surface area contributed by atoms with Gasteiger partial charge in [-0.15, -0.1) is 0 Å². The van der Waals surface area contributed by atoms with E-state index in [0.717, 1.165) is 32.2 Å². The molecule has 5 heteroatoms. The lowest BCUT2D eigenvalue weighted by Gasteiger charge is -2.23. The highest BCUT2D eigenvalue weighted by Crippen LogP contribution is 2.25. The van der Waals surface area contributed by atoms with Crippen molar-refractivity contribution in [3.05, 3.63) is 0 Å². The van der Waals surface area contributed by atoms with Gasteiger partial charge in [0.2, 0.25) is 5.91 Å². The van der Waals surface area contributed by atoms with Crippen molar-refractivity contribution >= 4 is 11.9 Å². The Kier molecular flexibility index (Phi) is 7.30. The predicted octanol–water partition coefficient (Wildman–Crippen LogP) is 1.24. The number of hydrogen-bond acceptors (Lipinski definition) is 2. The third kappa shape index (κ3) is 7.03. The third-order valence-corrected chi connectivity index (χ3v) is 3.42. The monoisotopic (exact) mass is 268 g/mol. The minimum absolute atomic E-state index is 0.207. The Hall–Kier alpha value is -1.26.